The van der Waals surface area contributed by atoms with Crippen molar-refractivity contribution in [1.29, 1.82) is 5.26 Å². The summed E-state index contributed by atoms with van der Waals surface area (Å²) in [4.78, 5) is 12.7. The van der Waals surface area contributed by atoms with Crippen LogP contribution in [0.3, 0.4) is 0 Å². The summed E-state index contributed by atoms with van der Waals surface area (Å²) in [7, 11) is -3.77. The summed E-state index contributed by atoms with van der Waals surface area (Å²) in [6.07, 6.45) is 0.587. The minimum Gasteiger partial charge on any atom is -0.321 e. The molecule has 6 nitrogen and oxygen atoms in total. The molecule has 1 amide bonds. The predicted molar refractivity (Wildman–Crippen MR) is 123 cm³/mol. The lowest BCUT2D eigenvalue weighted by molar-refractivity contribution is 0.102. The molecule has 1 heterocycles. The highest BCUT2D eigenvalue weighted by molar-refractivity contribution is 9.10. The van der Waals surface area contributed by atoms with Crippen molar-refractivity contribution < 1.29 is 13.2 Å². The number of hydrogen-bond donors (Lipinski definition) is 1. The standard InChI is InChI=1S/C22H15BrClN3O3S/c23-17-3-7-20(16(11-17)13-25)26-22(28)14-1-5-19(6-2-14)31(29,30)27-10-9-15-12-18(24)4-8-21(15)27/h1-8,11-12H,9-10H2,(H,26,28). The Morgan fingerprint density at radius 2 is 1.84 bits per heavy atom. The van der Waals surface area contributed by atoms with Gasteiger partial charge in [-0.1, -0.05) is 27.5 Å². The zero-order valence-electron chi connectivity index (χ0n) is 16.0. The monoisotopic (exact) mass is 515 g/mol. The Balaban J connectivity index is 1.56. The predicted octanol–water partition coefficient (Wildman–Crippen LogP) is 4.98. The van der Waals surface area contributed by atoms with Gasteiger partial charge >= 0.3 is 0 Å². The first kappa shape index (κ1) is 21.4. The van der Waals surface area contributed by atoms with E-state index in [1.807, 2.05) is 6.07 Å². The fourth-order valence-corrected chi connectivity index (χ4v) is 5.47. The third kappa shape index (κ3) is 4.17. The number of nitrogens with zero attached hydrogens (tertiary/aromatic N) is 2. The molecule has 1 N–H and O–H groups in total. The van der Waals surface area contributed by atoms with E-state index in [2.05, 4.69) is 21.2 Å². The van der Waals surface area contributed by atoms with Crippen molar-refractivity contribution in [2.45, 2.75) is 11.3 Å². The average molecular weight is 517 g/mol. The summed E-state index contributed by atoms with van der Waals surface area (Å²) < 4.78 is 28.3. The first-order valence-corrected chi connectivity index (χ1v) is 11.8. The number of amides is 1. The summed E-state index contributed by atoms with van der Waals surface area (Å²) in [5, 5.41) is 12.5. The fraction of sp³-hybridized carbons (Fsp3) is 0.0909. The van der Waals surface area contributed by atoms with Crippen LogP contribution in [0.15, 0.2) is 70.0 Å². The molecule has 31 heavy (non-hydrogen) atoms. The van der Waals surface area contributed by atoms with E-state index in [1.54, 1.807) is 36.4 Å². The van der Waals surface area contributed by atoms with Crippen LogP contribution in [0, 0.1) is 11.3 Å². The highest BCUT2D eigenvalue weighted by Crippen LogP contribution is 2.34. The molecule has 9 heteroatoms. The van der Waals surface area contributed by atoms with Gasteiger partial charge in [0, 0.05) is 21.6 Å². The van der Waals surface area contributed by atoms with Gasteiger partial charge in [-0.3, -0.25) is 9.10 Å². The number of carbonyl (C=O) groups excluding carboxylic acids is 1. The fourth-order valence-electron chi connectivity index (χ4n) is 3.41. The molecule has 0 saturated heterocycles. The lowest BCUT2D eigenvalue weighted by Gasteiger charge is -2.19. The lowest BCUT2D eigenvalue weighted by Crippen LogP contribution is -2.29. The topological polar surface area (TPSA) is 90.3 Å². The minimum absolute atomic E-state index is 0.0909. The molecule has 0 bridgehead atoms. The van der Waals surface area contributed by atoms with Crippen LogP contribution in [-0.2, 0) is 16.4 Å². The van der Waals surface area contributed by atoms with E-state index in [0.29, 0.717) is 34.9 Å². The summed E-state index contributed by atoms with van der Waals surface area (Å²) in [5.74, 6) is -0.441. The molecule has 0 radical (unpaired) electrons. The maximum atomic E-state index is 13.1. The molecule has 1 aliphatic heterocycles. The third-order valence-electron chi connectivity index (χ3n) is 4.95. The zero-order chi connectivity index (χ0) is 22.2. The maximum absolute atomic E-state index is 13.1. The Bertz CT molecular complexity index is 1340. The van der Waals surface area contributed by atoms with Gasteiger partial charge in [0.1, 0.15) is 6.07 Å². The van der Waals surface area contributed by atoms with Gasteiger partial charge in [0.05, 0.1) is 21.8 Å². The van der Waals surface area contributed by atoms with Crippen molar-refractivity contribution >= 4 is 54.8 Å². The van der Waals surface area contributed by atoms with E-state index in [1.165, 1.54) is 28.6 Å². The van der Waals surface area contributed by atoms with Gasteiger partial charge in [-0.05, 0) is 72.6 Å². The Labute approximate surface area is 193 Å². The molecular formula is C22H15BrClN3O3S. The second-order valence-electron chi connectivity index (χ2n) is 6.88. The number of carbonyl (C=O) groups is 1. The van der Waals surface area contributed by atoms with Gasteiger partial charge in [0.15, 0.2) is 0 Å². The van der Waals surface area contributed by atoms with Crippen LogP contribution >= 0.6 is 27.5 Å². The summed E-state index contributed by atoms with van der Waals surface area (Å²) >= 11 is 9.29. The molecule has 0 spiro atoms. The third-order valence-corrected chi connectivity index (χ3v) is 7.51. The summed E-state index contributed by atoms with van der Waals surface area (Å²) in [6, 6.07) is 17.8. The molecular weight excluding hydrogens is 502 g/mol. The first-order chi connectivity index (χ1) is 14.8. The van der Waals surface area contributed by atoms with Crippen molar-refractivity contribution in [3.63, 3.8) is 0 Å². The molecule has 0 aromatic heterocycles. The molecule has 0 fully saturated rings. The Morgan fingerprint density at radius 1 is 1.10 bits per heavy atom. The van der Waals surface area contributed by atoms with E-state index >= 15 is 0 Å². The van der Waals surface area contributed by atoms with Gasteiger partial charge in [0.2, 0.25) is 0 Å². The van der Waals surface area contributed by atoms with Gasteiger partial charge in [-0.2, -0.15) is 5.26 Å². The molecule has 3 aromatic carbocycles. The maximum Gasteiger partial charge on any atom is 0.264 e. The highest BCUT2D eigenvalue weighted by Gasteiger charge is 2.31. The molecule has 0 saturated carbocycles. The van der Waals surface area contributed by atoms with E-state index in [0.717, 1.165) is 10.0 Å². The number of nitriles is 1. The average Bonchev–Trinajstić information content (AvgIpc) is 3.18. The van der Waals surface area contributed by atoms with Gasteiger partial charge in [-0.25, -0.2) is 8.42 Å². The lowest BCUT2D eigenvalue weighted by atomic mass is 10.1. The normalized spacial score (nSPS) is 12.9. The van der Waals surface area contributed by atoms with Crippen LogP contribution in [0.2, 0.25) is 5.02 Å². The molecule has 1 aliphatic rings. The quantitative estimate of drug-likeness (QED) is 0.530. The molecule has 0 aliphatic carbocycles. The highest BCUT2D eigenvalue weighted by atomic mass is 79.9. The van der Waals surface area contributed by atoms with E-state index < -0.39 is 15.9 Å². The number of sulfonamides is 1. The van der Waals surface area contributed by atoms with Crippen molar-refractivity contribution in [2.24, 2.45) is 0 Å². The van der Waals surface area contributed by atoms with Gasteiger partial charge < -0.3 is 5.32 Å². The van der Waals surface area contributed by atoms with Crippen molar-refractivity contribution in [2.75, 3.05) is 16.2 Å². The summed E-state index contributed by atoms with van der Waals surface area (Å²) in [5.41, 5.74) is 2.47. The number of fused-ring (bicyclic) bond motifs is 1. The second-order valence-corrected chi connectivity index (χ2v) is 10.1. The van der Waals surface area contributed by atoms with Crippen molar-refractivity contribution in [3.05, 3.63) is 86.8 Å². The molecule has 156 valence electrons. The number of hydrogen-bond acceptors (Lipinski definition) is 4. The van der Waals surface area contributed by atoms with E-state index in [4.69, 9.17) is 11.6 Å². The molecule has 3 aromatic rings. The number of halogens is 2. The summed E-state index contributed by atoms with van der Waals surface area (Å²) in [6.45, 7) is 0.334. The van der Waals surface area contributed by atoms with Gasteiger partial charge in [-0.15, -0.1) is 0 Å². The number of benzene rings is 3. The Kier molecular flexibility index (Phi) is 5.75. The second kappa shape index (κ2) is 8.35. The molecule has 4 rings (SSSR count). The Morgan fingerprint density at radius 3 is 2.55 bits per heavy atom. The van der Waals surface area contributed by atoms with Crippen molar-refractivity contribution in [3.8, 4) is 6.07 Å². The minimum atomic E-state index is -3.77. The largest absolute Gasteiger partial charge is 0.321 e. The smallest absolute Gasteiger partial charge is 0.264 e. The number of anilines is 2. The molecule has 0 unspecified atom stereocenters. The van der Waals surface area contributed by atoms with Gasteiger partial charge in [0.25, 0.3) is 15.9 Å². The first-order valence-electron chi connectivity index (χ1n) is 9.22. The Hall–Kier alpha value is -2.86. The van der Waals surface area contributed by atoms with E-state index in [9.17, 15) is 18.5 Å². The van der Waals surface area contributed by atoms with Crippen LogP contribution in [0.25, 0.3) is 0 Å². The van der Waals surface area contributed by atoms with Crippen LogP contribution < -0.4 is 9.62 Å². The van der Waals surface area contributed by atoms with E-state index in [-0.39, 0.29) is 10.5 Å². The van der Waals surface area contributed by atoms with Crippen LogP contribution in [-0.4, -0.2) is 20.9 Å². The molecule has 0 atom stereocenters. The van der Waals surface area contributed by atoms with Crippen LogP contribution in [0.1, 0.15) is 21.5 Å². The zero-order valence-corrected chi connectivity index (χ0v) is 19.1. The SMILES string of the molecule is N#Cc1cc(Br)ccc1NC(=O)c1ccc(S(=O)(=O)N2CCc3cc(Cl)ccc32)cc1. The number of nitrogens with one attached hydrogen (secondary N) is 1. The van der Waals surface area contributed by atoms with Crippen LogP contribution in [0.5, 0.6) is 0 Å². The van der Waals surface area contributed by atoms with Crippen LogP contribution in [0.4, 0.5) is 11.4 Å². The number of rotatable bonds is 4. The van der Waals surface area contributed by atoms with Crippen molar-refractivity contribution in [1.82, 2.24) is 0 Å².